The van der Waals surface area contributed by atoms with Crippen LogP contribution in [0.3, 0.4) is 0 Å². The van der Waals surface area contributed by atoms with Gasteiger partial charge in [-0.3, -0.25) is 0 Å². The average molecular weight is 307 g/mol. The van der Waals surface area contributed by atoms with Gasteiger partial charge in [0.15, 0.2) is 5.69 Å². The van der Waals surface area contributed by atoms with Crippen LogP contribution in [0.2, 0.25) is 0 Å². The maximum atomic E-state index is 11.0. The van der Waals surface area contributed by atoms with Gasteiger partial charge in [-0.2, -0.15) is 0 Å². The smallest absolute Gasteiger partial charge is 0.354 e. The summed E-state index contributed by atoms with van der Waals surface area (Å²) in [6, 6.07) is 9.07. The van der Waals surface area contributed by atoms with Gasteiger partial charge in [0.05, 0.1) is 0 Å². The number of benzene rings is 1. The third-order valence-corrected chi connectivity index (χ3v) is 2.69. The van der Waals surface area contributed by atoms with E-state index in [4.69, 9.17) is 5.11 Å². The van der Waals surface area contributed by atoms with Gasteiger partial charge >= 0.3 is 5.97 Å². The van der Waals surface area contributed by atoms with Crippen molar-refractivity contribution in [1.29, 1.82) is 0 Å². The van der Waals surface area contributed by atoms with Crippen molar-refractivity contribution in [3.8, 4) is 0 Å². The van der Waals surface area contributed by atoms with Gasteiger partial charge in [-0.15, -0.1) is 0 Å². The number of aromatic carboxylic acids is 1. The molecule has 0 fully saturated rings. The minimum atomic E-state index is -1.04. The molecule has 5 heteroatoms. The molecule has 0 unspecified atom stereocenters. The number of hydrogen-bond donors (Lipinski definition) is 2. The summed E-state index contributed by atoms with van der Waals surface area (Å²) in [4.78, 5) is 15.1. The van der Waals surface area contributed by atoms with E-state index in [2.05, 4.69) is 32.8 Å². The van der Waals surface area contributed by atoms with Crippen LogP contribution >= 0.6 is 15.9 Å². The number of nitrogens with zero attached hydrogens (tertiary/aromatic N) is 1. The molecule has 1 aromatic carbocycles. The number of anilines is 1. The number of pyridine rings is 1. The topological polar surface area (TPSA) is 62.2 Å². The fraction of sp³-hybridized carbons (Fsp3) is 0.0769. The lowest BCUT2D eigenvalue weighted by Gasteiger charge is -2.09. The number of halogens is 1. The Hall–Kier alpha value is -1.88. The number of carboxylic acid groups (broad SMARTS) is 1. The lowest BCUT2D eigenvalue weighted by Crippen LogP contribution is -2.07. The van der Waals surface area contributed by atoms with Crippen LogP contribution in [-0.2, 0) is 0 Å². The van der Waals surface area contributed by atoms with Gasteiger partial charge in [0, 0.05) is 16.4 Å². The number of carboxylic acids is 1. The van der Waals surface area contributed by atoms with Crippen LogP contribution in [0.25, 0.3) is 10.8 Å². The second kappa shape index (κ2) is 5.18. The van der Waals surface area contributed by atoms with E-state index in [1.807, 2.05) is 24.3 Å². The van der Waals surface area contributed by atoms with E-state index >= 15 is 0 Å². The van der Waals surface area contributed by atoms with Crippen LogP contribution in [-0.4, -0.2) is 22.6 Å². The van der Waals surface area contributed by atoms with Crippen molar-refractivity contribution in [3.05, 3.63) is 47.1 Å². The van der Waals surface area contributed by atoms with E-state index in [-0.39, 0.29) is 5.69 Å². The number of carbonyl (C=O) groups is 1. The Balaban J connectivity index is 2.53. The molecule has 92 valence electrons. The third-order valence-electron chi connectivity index (χ3n) is 2.41. The van der Waals surface area contributed by atoms with Gasteiger partial charge in [0.25, 0.3) is 0 Å². The van der Waals surface area contributed by atoms with Gasteiger partial charge in [-0.1, -0.05) is 46.8 Å². The monoisotopic (exact) mass is 306 g/mol. The molecule has 0 saturated heterocycles. The Labute approximate surface area is 112 Å². The molecule has 18 heavy (non-hydrogen) atoms. The van der Waals surface area contributed by atoms with E-state index in [1.165, 1.54) is 0 Å². The lowest BCUT2D eigenvalue weighted by molar-refractivity contribution is 0.0691. The Bertz CT molecular complexity index is 625. The Kier molecular flexibility index (Phi) is 3.62. The molecule has 1 aromatic heterocycles. The van der Waals surface area contributed by atoms with E-state index in [9.17, 15) is 4.79 Å². The second-order valence-electron chi connectivity index (χ2n) is 3.75. The molecule has 2 N–H and O–H groups in total. The zero-order valence-electron chi connectivity index (χ0n) is 9.48. The van der Waals surface area contributed by atoms with Crippen molar-refractivity contribution in [3.63, 3.8) is 0 Å². The summed E-state index contributed by atoms with van der Waals surface area (Å²) >= 11 is 3.24. The predicted molar refractivity (Wildman–Crippen MR) is 75.3 cm³/mol. The zero-order valence-corrected chi connectivity index (χ0v) is 11.1. The Morgan fingerprint density at radius 1 is 1.44 bits per heavy atom. The molecule has 1 heterocycles. The standard InChI is InChI=1S/C13H11BrN2O2/c1-8(14)7-15-12-10-5-3-2-4-9(10)6-11(16-12)13(17)18/h2-6H,1,7H2,(H,15,16)(H,17,18). The fourth-order valence-corrected chi connectivity index (χ4v) is 1.76. The van der Waals surface area contributed by atoms with Crippen LogP contribution in [0.1, 0.15) is 10.5 Å². The normalized spacial score (nSPS) is 10.3. The lowest BCUT2D eigenvalue weighted by atomic mass is 10.1. The third kappa shape index (κ3) is 2.68. The quantitative estimate of drug-likeness (QED) is 0.910. The highest BCUT2D eigenvalue weighted by atomic mass is 79.9. The molecular formula is C13H11BrN2O2. The first-order chi connectivity index (χ1) is 8.58. The summed E-state index contributed by atoms with van der Waals surface area (Å²) in [6.07, 6.45) is 0. The van der Waals surface area contributed by atoms with Crippen LogP contribution < -0.4 is 5.32 Å². The summed E-state index contributed by atoms with van der Waals surface area (Å²) in [5, 5.41) is 13.8. The predicted octanol–water partition coefficient (Wildman–Crippen LogP) is 3.25. The first-order valence-electron chi connectivity index (χ1n) is 5.28. The molecule has 0 atom stereocenters. The zero-order chi connectivity index (χ0) is 13.1. The molecular weight excluding hydrogens is 296 g/mol. The molecule has 4 nitrogen and oxygen atoms in total. The van der Waals surface area contributed by atoms with Crippen LogP contribution in [0.15, 0.2) is 41.4 Å². The van der Waals surface area contributed by atoms with E-state index < -0.39 is 5.97 Å². The maximum absolute atomic E-state index is 11.0. The Morgan fingerprint density at radius 3 is 2.83 bits per heavy atom. The van der Waals surface area contributed by atoms with Crippen molar-refractivity contribution in [2.45, 2.75) is 0 Å². The highest BCUT2D eigenvalue weighted by Gasteiger charge is 2.10. The van der Waals surface area contributed by atoms with Crippen LogP contribution in [0.5, 0.6) is 0 Å². The maximum Gasteiger partial charge on any atom is 0.354 e. The highest BCUT2D eigenvalue weighted by molar-refractivity contribution is 9.11. The first-order valence-corrected chi connectivity index (χ1v) is 6.07. The molecule has 0 aliphatic carbocycles. The summed E-state index contributed by atoms with van der Waals surface area (Å²) < 4.78 is 0.772. The molecule has 0 spiro atoms. The number of fused-ring (bicyclic) bond motifs is 1. The number of hydrogen-bond acceptors (Lipinski definition) is 3. The number of rotatable bonds is 4. The van der Waals surface area contributed by atoms with Gasteiger partial charge < -0.3 is 10.4 Å². The first kappa shape index (κ1) is 12.6. The molecule has 2 aromatic rings. The van der Waals surface area contributed by atoms with E-state index in [1.54, 1.807) is 6.07 Å². The van der Waals surface area contributed by atoms with Gasteiger partial charge in [0.1, 0.15) is 5.82 Å². The molecule has 0 bridgehead atoms. The average Bonchev–Trinajstić information content (AvgIpc) is 2.35. The highest BCUT2D eigenvalue weighted by Crippen LogP contribution is 2.23. The minimum absolute atomic E-state index is 0.0244. The summed E-state index contributed by atoms with van der Waals surface area (Å²) in [7, 11) is 0. The number of nitrogens with one attached hydrogen (secondary N) is 1. The van der Waals surface area contributed by atoms with Gasteiger partial charge in [0.2, 0.25) is 0 Å². The van der Waals surface area contributed by atoms with Crippen molar-refractivity contribution in [2.24, 2.45) is 0 Å². The van der Waals surface area contributed by atoms with Crippen molar-refractivity contribution in [2.75, 3.05) is 11.9 Å². The van der Waals surface area contributed by atoms with Gasteiger partial charge in [-0.05, 0) is 11.5 Å². The van der Waals surface area contributed by atoms with Gasteiger partial charge in [-0.25, -0.2) is 9.78 Å². The second-order valence-corrected chi connectivity index (χ2v) is 4.87. The van der Waals surface area contributed by atoms with Crippen molar-refractivity contribution < 1.29 is 9.90 Å². The largest absolute Gasteiger partial charge is 0.477 e. The van der Waals surface area contributed by atoms with E-state index in [0.717, 1.165) is 15.3 Å². The molecule has 0 aliphatic heterocycles. The molecule has 0 saturated carbocycles. The SMILES string of the molecule is C=C(Br)CNc1nc(C(=O)O)cc2ccccc12. The molecule has 0 radical (unpaired) electrons. The molecule has 0 aliphatic rings. The van der Waals surface area contributed by atoms with Crippen molar-refractivity contribution >= 4 is 38.5 Å². The summed E-state index contributed by atoms with van der Waals surface area (Å²) in [5.74, 6) is -0.493. The minimum Gasteiger partial charge on any atom is -0.477 e. The number of aromatic nitrogens is 1. The van der Waals surface area contributed by atoms with Crippen LogP contribution in [0, 0.1) is 0 Å². The molecule has 2 rings (SSSR count). The summed E-state index contributed by atoms with van der Waals surface area (Å²) in [5.41, 5.74) is 0.0244. The van der Waals surface area contributed by atoms with Crippen LogP contribution in [0.4, 0.5) is 5.82 Å². The van der Waals surface area contributed by atoms with Crippen molar-refractivity contribution in [1.82, 2.24) is 4.98 Å². The Morgan fingerprint density at radius 2 is 2.17 bits per heavy atom. The summed E-state index contributed by atoms with van der Waals surface area (Å²) in [6.45, 7) is 4.20. The fourth-order valence-electron chi connectivity index (χ4n) is 1.62. The molecule has 0 amide bonds. The van der Waals surface area contributed by atoms with E-state index in [0.29, 0.717) is 12.4 Å².